The number of aromatic nitrogens is 4. The number of para-hydroxylation sites is 3. The molecule has 0 amide bonds. The Labute approximate surface area is 294 Å². The van der Waals surface area contributed by atoms with Gasteiger partial charge in [0.25, 0.3) is 0 Å². The van der Waals surface area contributed by atoms with Crippen LogP contribution in [0.5, 0.6) is 0 Å². The van der Waals surface area contributed by atoms with Crippen molar-refractivity contribution in [3.63, 3.8) is 0 Å². The Hall–Kier alpha value is -6.52. The van der Waals surface area contributed by atoms with E-state index in [0.717, 1.165) is 38.9 Å². The molecule has 3 aromatic heterocycles. The minimum Gasteiger partial charge on any atom is -0.309 e. The highest BCUT2D eigenvalue weighted by Crippen LogP contribution is 2.53. The van der Waals surface area contributed by atoms with Gasteiger partial charge < -0.3 is 4.57 Å². The van der Waals surface area contributed by atoms with Gasteiger partial charge >= 0.3 is 0 Å². The van der Waals surface area contributed by atoms with Crippen LogP contribution >= 0.6 is 0 Å². The standard InChI is InChI=1S/C47H32N4/c1-47(2)38-20-10-6-16-31(38)35-26-27-36-34-25-24-30(50-40-22-12-8-17-32(40)33-18-9-13-23-41(33)50)28-42(34)51(45(36)43(35)47)46-48-39-21-11-7-19-37(39)44(49-46)29-14-4-3-5-15-29/h3-28H,1-2H3. The van der Waals surface area contributed by atoms with Gasteiger partial charge in [-0.3, -0.25) is 4.57 Å². The quantitative estimate of drug-likeness (QED) is 0.190. The van der Waals surface area contributed by atoms with E-state index in [1.807, 2.05) is 0 Å². The fourth-order valence-corrected chi connectivity index (χ4v) is 8.88. The lowest BCUT2D eigenvalue weighted by molar-refractivity contribution is 0.663. The number of benzene rings is 7. The molecule has 0 saturated carbocycles. The lowest BCUT2D eigenvalue weighted by Gasteiger charge is -2.23. The molecule has 7 aromatic carbocycles. The molecule has 240 valence electrons. The SMILES string of the molecule is CC1(C)c2ccccc2-c2ccc3c4ccc(-n5c6ccccc6c6ccccc65)cc4n(-c4nc(-c5ccccc5)c5ccccc5n4)c3c21. The van der Waals surface area contributed by atoms with Crippen LogP contribution in [0.15, 0.2) is 158 Å². The van der Waals surface area contributed by atoms with Crippen molar-refractivity contribution in [3.05, 3.63) is 169 Å². The van der Waals surface area contributed by atoms with Crippen LogP contribution < -0.4 is 0 Å². The third-order valence-electron chi connectivity index (χ3n) is 11.1. The van der Waals surface area contributed by atoms with Gasteiger partial charge in [0.05, 0.1) is 33.3 Å². The molecule has 1 aliphatic rings. The van der Waals surface area contributed by atoms with Gasteiger partial charge in [0, 0.05) is 43.6 Å². The zero-order valence-corrected chi connectivity index (χ0v) is 28.3. The molecule has 51 heavy (non-hydrogen) atoms. The molecule has 0 spiro atoms. The fourth-order valence-electron chi connectivity index (χ4n) is 8.88. The van der Waals surface area contributed by atoms with Crippen molar-refractivity contribution < 1.29 is 0 Å². The summed E-state index contributed by atoms with van der Waals surface area (Å²) in [5.74, 6) is 0.673. The highest BCUT2D eigenvalue weighted by atomic mass is 15.2. The van der Waals surface area contributed by atoms with Crippen molar-refractivity contribution in [3.8, 4) is 34.0 Å². The predicted molar refractivity (Wildman–Crippen MR) is 211 cm³/mol. The van der Waals surface area contributed by atoms with Crippen LogP contribution in [0.1, 0.15) is 25.0 Å². The first-order chi connectivity index (χ1) is 25.1. The summed E-state index contributed by atoms with van der Waals surface area (Å²) in [5, 5.41) is 5.92. The summed E-state index contributed by atoms with van der Waals surface area (Å²) in [6.07, 6.45) is 0. The fraction of sp³-hybridized carbons (Fsp3) is 0.0638. The molecule has 0 saturated heterocycles. The van der Waals surface area contributed by atoms with E-state index >= 15 is 0 Å². The number of nitrogens with zero attached hydrogens (tertiary/aromatic N) is 4. The Morgan fingerprint density at radius 3 is 1.88 bits per heavy atom. The number of hydrogen-bond acceptors (Lipinski definition) is 2. The van der Waals surface area contributed by atoms with Gasteiger partial charge in [-0.25, -0.2) is 9.97 Å². The van der Waals surface area contributed by atoms with Gasteiger partial charge in [0.1, 0.15) is 0 Å². The molecule has 0 atom stereocenters. The molecular weight excluding hydrogens is 621 g/mol. The highest BCUT2D eigenvalue weighted by Gasteiger charge is 2.38. The Morgan fingerprint density at radius 2 is 1.10 bits per heavy atom. The monoisotopic (exact) mass is 652 g/mol. The Morgan fingerprint density at radius 1 is 0.471 bits per heavy atom. The van der Waals surface area contributed by atoms with Gasteiger partial charge in [-0.2, -0.15) is 0 Å². The minimum absolute atomic E-state index is 0.230. The average molecular weight is 653 g/mol. The van der Waals surface area contributed by atoms with Crippen molar-refractivity contribution >= 4 is 54.5 Å². The highest BCUT2D eigenvalue weighted by molar-refractivity contribution is 6.14. The van der Waals surface area contributed by atoms with Gasteiger partial charge in [-0.05, 0) is 52.6 Å². The summed E-state index contributed by atoms with van der Waals surface area (Å²) < 4.78 is 4.75. The van der Waals surface area contributed by atoms with E-state index in [-0.39, 0.29) is 5.41 Å². The molecule has 1 aliphatic carbocycles. The first kappa shape index (κ1) is 28.3. The van der Waals surface area contributed by atoms with E-state index < -0.39 is 0 Å². The molecule has 0 N–H and O–H groups in total. The maximum absolute atomic E-state index is 5.47. The van der Waals surface area contributed by atoms with E-state index in [1.54, 1.807) is 0 Å². The molecule has 0 aliphatic heterocycles. The lowest BCUT2D eigenvalue weighted by Crippen LogP contribution is -2.17. The summed E-state index contributed by atoms with van der Waals surface area (Å²) >= 11 is 0. The molecule has 3 heterocycles. The van der Waals surface area contributed by atoms with Crippen LogP contribution in [0, 0.1) is 0 Å². The van der Waals surface area contributed by atoms with Gasteiger partial charge in [-0.15, -0.1) is 0 Å². The molecular formula is C47H32N4. The first-order valence-corrected chi connectivity index (χ1v) is 17.6. The van der Waals surface area contributed by atoms with Crippen molar-refractivity contribution in [1.29, 1.82) is 0 Å². The van der Waals surface area contributed by atoms with Crippen LogP contribution in [0.25, 0.3) is 88.5 Å². The number of fused-ring (bicyclic) bond motifs is 11. The smallest absolute Gasteiger partial charge is 0.235 e. The summed E-state index contributed by atoms with van der Waals surface area (Å²) in [6, 6.07) is 56.7. The Bertz CT molecular complexity index is 3000. The van der Waals surface area contributed by atoms with Crippen molar-refractivity contribution in [2.45, 2.75) is 19.3 Å². The first-order valence-electron chi connectivity index (χ1n) is 17.6. The van der Waals surface area contributed by atoms with Gasteiger partial charge in [0.2, 0.25) is 5.95 Å². The van der Waals surface area contributed by atoms with Crippen LogP contribution in [0.4, 0.5) is 0 Å². The van der Waals surface area contributed by atoms with E-state index in [2.05, 4.69) is 181 Å². The van der Waals surface area contributed by atoms with E-state index in [9.17, 15) is 0 Å². The largest absolute Gasteiger partial charge is 0.309 e. The zero-order chi connectivity index (χ0) is 33.8. The molecule has 0 radical (unpaired) electrons. The Kier molecular flexibility index (Phi) is 5.70. The summed E-state index contributed by atoms with van der Waals surface area (Å²) in [6.45, 7) is 4.72. The normalized spacial score (nSPS) is 13.5. The van der Waals surface area contributed by atoms with Gasteiger partial charge in [-0.1, -0.05) is 141 Å². The third-order valence-corrected chi connectivity index (χ3v) is 11.1. The summed E-state index contributed by atoms with van der Waals surface area (Å²) in [4.78, 5) is 10.8. The van der Waals surface area contributed by atoms with Crippen LogP contribution in [-0.2, 0) is 5.41 Å². The summed E-state index contributed by atoms with van der Waals surface area (Å²) in [5.41, 5.74) is 13.7. The van der Waals surface area contributed by atoms with Crippen molar-refractivity contribution in [2.24, 2.45) is 0 Å². The molecule has 0 fully saturated rings. The molecule has 10 aromatic rings. The molecule has 4 heteroatoms. The lowest BCUT2D eigenvalue weighted by atomic mass is 9.81. The van der Waals surface area contributed by atoms with Crippen LogP contribution in [-0.4, -0.2) is 19.1 Å². The van der Waals surface area contributed by atoms with Crippen LogP contribution in [0.3, 0.4) is 0 Å². The molecule has 0 bridgehead atoms. The molecule has 4 nitrogen and oxygen atoms in total. The maximum atomic E-state index is 5.47. The predicted octanol–water partition coefficient (Wildman–Crippen LogP) is 11.8. The average Bonchev–Trinajstić information content (AvgIpc) is 3.77. The van der Waals surface area contributed by atoms with Crippen LogP contribution in [0.2, 0.25) is 0 Å². The second-order valence-electron chi connectivity index (χ2n) is 14.2. The summed E-state index contributed by atoms with van der Waals surface area (Å²) in [7, 11) is 0. The van der Waals surface area contributed by atoms with E-state index in [0.29, 0.717) is 5.95 Å². The number of hydrogen-bond donors (Lipinski definition) is 0. The second-order valence-corrected chi connectivity index (χ2v) is 14.2. The van der Waals surface area contributed by atoms with Crippen molar-refractivity contribution in [1.82, 2.24) is 19.1 Å². The Balaban J connectivity index is 1.30. The minimum atomic E-state index is -0.230. The zero-order valence-electron chi connectivity index (χ0n) is 28.3. The van der Waals surface area contributed by atoms with Crippen molar-refractivity contribution in [2.75, 3.05) is 0 Å². The third kappa shape index (κ3) is 3.85. The van der Waals surface area contributed by atoms with E-state index in [4.69, 9.17) is 9.97 Å². The topological polar surface area (TPSA) is 35.6 Å². The molecule has 11 rings (SSSR count). The van der Waals surface area contributed by atoms with Gasteiger partial charge in [0.15, 0.2) is 0 Å². The maximum Gasteiger partial charge on any atom is 0.235 e. The second kappa shape index (κ2) is 10.3. The van der Waals surface area contributed by atoms with E-state index in [1.165, 1.54) is 54.8 Å². The molecule has 0 unspecified atom stereocenters. The number of rotatable bonds is 3.